The average Bonchev–Trinajstić information content (AvgIpc) is 2.70. The Morgan fingerprint density at radius 2 is 1.67 bits per heavy atom. The number of hydrogen-bond acceptors (Lipinski definition) is 7. The van der Waals surface area contributed by atoms with E-state index < -0.39 is 24.0 Å². The molecular weight excluding hydrogens is 395 g/mol. The number of carbonyl (C=O) groups is 1. The molecule has 2 atom stereocenters. The Kier molecular flexibility index (Phi) is 4.83. The Hall–Kier alpha value is -3.94. The molecular formula is C22H17FO7. The molecule has 0 unspecified atom stereocenters. The van der Waals surface area contributed by atoms with Crippen LogP contribution in [0.3, 0.4) is 0 Å². The number of aromatic hydroxyl groups is 4. The maximum absolute atomic E-state index is 13.1. The number of rotatable bonds is 3. The highest BCUT2D eigenvalue weighted by molar-refractivity contribution is 5.89. The number of benzene rings is 3. The molecule has 0 fully saturated rings. The molecule has 1 heterocycles. The van der Waals surface area contributed by atoms with E-state index in [4.69, 9.17) is 9.47 Å². The summed E-state index contributed by atoms with van der Waals surface area (Å²) in [6, 6.07) is 11.3. The summed E-state index contributed by atoms with van der Waals surface area (Å²) in [5.41, 5.74) is 0.865. The van der Waals surface area contributed by atoms with Crippen molar-refractivity contribution in [2.75, 3.05) is 0 Å². The van der Waals surface area contributed by atoms with E-state index in [1.54, 1.807) is 0 Å². The summed E-state index contributed by atoms with van der Waals surface area (Å²) in [6.07, 6.45) is -1.77. The number of fused-ring (bicyclic) bond motifs is 1. The van der Waals surface area contributed by atoms with Crippen LogP contribution in [0, 0.1) is 5.82 Å². The van der Waals surface area contributed by atoms with E-state index in [0.717, 1.165) is 18.2 Å². The van der Waals surface area contributed by atoms with Crippen LogP contribution in [0.25, 0.3) is 0 Å². The number of phenolic OH excluding ortho intramolecular Hbond substituents is 4. The first kappa shape index (κ1) is 19.4. The minimum atomic E-state index is -0.922. The summed E-state index contributed by atoms with van der Waals surface area (Å²) in [5.74, 6) is -2.17. The highest BCUT2D eigenvalue weighted by atomic mass is 19.1. The molecule has 4 N–H and O–H groups in total. The van der Waals surface area contributed by atoms with Crippen LogP contribution in [0.2, 0.25) is 0 Å². The second-order valence-electron chi connectivity index (χ2n) is 6.88. The monoisotopic (exact) mass is 412 g/mol. The van der Waals surface area contributed by atoms with Gasteiger partial charge in [-0.15, -0.1) is 0 Å². The molecule has 8 heteroatoms. The lowest BCUT2D eigenvalue weighted by atomic mass is 9.93. The van der Waals surface area contributed by atoms with Crippen molar-refractivity contribution >= 4 is 5.97 Å². The van der Waals surface area contributed by atoms with Crippen molar-refractivity contribution in [2.45, 2.75) is 18.6 Å². The summed E-state index contributed by atoms with van der Waals surface area (Å²) in [6.45, 7) is 0. The Labute approximate surface area is 170 Å². The van der Waals surface area contributed by atoms with Crippen LogP contribution < -0.4 is 4.74 Å². The number of carbonyl (C=O) groups excluding carboxylic acids is 1. The van der Waals surface area contributed by atoms with Crippen LogP contribution in [-0.2, 0) is 11.2 Å². The minimum Gasteiger partial charge on any atom is -0.508 e. The van der Waals surface area contributed by atoms with Gasteiger partial charge in [0.25, 0.3) is 0 Å². The molecule has 0 bridgehead atoms. The lowest BCUT2D eigenvalue weighted by Gasteiger charge is -2.34. The fourth-order valence-corrected chi connectivity index (χ4v) is 3.34. The van der Waals surface area contributed by atoms with Crippen molar-refractivity contribution in [3.05, 3.63) is 77.1 Å². The summed E-state index contributed by atoms with van der Waals surface area (Å²) in [4.78, 5) is 12.6. The molecule has 30 heavy (non-hydrogen) atoms. The standard InChI is InChI=1S/C22H17FO7/c23-13-4-1-11(2-5-13)22(28)30-20-10-15-17(26)8-14(24)9-19(15)29-21(20)12-3-6-16(25)18(27)7-12/h1-9,20-21,24-27H,10H2/t20-,21+/m0/s1. The Morgan fingerprint density at radius 1 is 0.933 bits per heavy atom. The molecule has 154 valence electrons. The number of halogens is 1. The van der Waals surface area contributed by atoms with E-state index in [9.17, 15) is 29.6 Å². The van der Waals surface area contributed by atoms with Crippen molar-refractivity contribution in [1.82, 2.24) is 0 Å². The molecule has 0 amide bonds. The van der Waals surface area contributed by atoms with Crippen molar-refractivity contribution in [3.8, 4) is 28.7 Å². The largest absolute Gasteiger partial charge is 0.508 e. The van der Waals surface area contributed by atoms with Gasteiger partial charge < -0.3 is 29.9 Å². The van der Waals surface area contributed by atoms with Gasteiger partial charge in [-0.2, -0.15) is 0 Å². The molecule has 0 aliphatic carbocycles. The summed E-state index contributed by atoms with van der Waals surface area (Å²) in [7, 11) is 0. The average molecular weight is 412 g/mol. The maximum Gasteiger partial charge on any atom is 0.338 e. The predicted molar refractivity (Wildman–Crippen MR) is 102 cm³/mol. The molecule has 1 aliphatic rings. The lowest BCUT2D eigenvalue weighted by molar-refractivity contribution is -0.0188. The predicted octanol–water partition coefficient (Wildman–Crippen LogP) is 3.55. The third-order valence-electron chi connectivity index (χ3n) is 4.83. The molecule has 0 spiro atoms. The van der Waals surface area contributed by atoms with Gasteiger partial charge in [-0.1, -0.05) is 6.07 Å². The van der Waals surface area contributed by atoms with E-state index in [0.29, 0.717) is 11.1 Å². The molecule has 0 radical (unpaired) electrons. The third-order valence-corrected chi connectivity index (χ3v) is 4.83. The van der Waals surface area contributed by atoms with Gasteiger partial charge in [0, 0.05) is 29.7 Å². The van der Waals surface area contributed by atoms with E-state index in [1.165, 1.54) is 36.4 Å². The fraction of sp³-hybridized carbons (Fsp3) is 0.136. The first-order valence-corrected chi connectivity index (χ1v) is 9.02. The normalized spacial score (nSPS) is 17.6. The van der Waals surface area contributed by atoms with Gasteiger partial charge in [-0.3, -0.25) is 0 Å². The van der Waals surface area contributed by atoms with Crippen LogP contribution >= 0.6 is 0 Å². The molecule has 7 nitrogen and oxygen atoms in total. The van der Waals surface area contributed by atoms with Gasteiger partial charge in [-0.05, 0) is 36.4 Å². The Bertz CT molecular complexity index is 1110. The second kappa shape index (κ2) is 7.47. The first-order chi connectivity index (χ1) is 14.3. The second-order valence-corrected chi connectivity index (χ2v) is 6.88. The van der Waals surface area contributed by atoms with Crippen LogP contribution in [0.15, 0.2) is 54.6 Å². The Balaban J connectivity index is 1.71. The van der Waals surface area contributed by atoms with E-state index >= 15 is 0 Å². The van der Waals surface area contributed by atoms with Crippen LogP contribution in [0.1, 0.15) is 27.6 Å². The van der Waals surface area contributed by atoms with Gasteiger partial charge in [0.1, 0.15) is 29.2 Å². The summed E-state index contributed by atoms with van der Waals surface area (Å²) >= 11 is 0. The first-order valence-electron chi connectivity index (χ1n) is 9.02. The van der Waals surface area contributed by atoms with Gasteiger partial charge in [0.2, 0.25) is 0 Å². The third kappa shape index (κ3) is 3.67. The quantitative estimate of drug-likeness (QED) is 0.384. The lowest BCUT2D eigenvalue weighted by Crippen LogP contribution is -2.34. The summed E-state index contributed by atoms with van der Waals surface area (Å²) < 4.78 is 24.6. The number of esters is 1. The van der Waals surface area contributed by atoms with Gasteiger partial charge in [0.05, 0.1) is 5.56 Å². The number of hydrogen-bond donors (Lipinski definition) is 4. The maximum atomic E-state index is 13.1. The molecule has 4 rings (SSSR count). The van der Waals surface area contributed by atoms with Crippen LogP contribution in [0.4, 0.5) is 4.39 Å². The van der Waals surface area contributed by atoms with Crippen LogP contribution in [-0.4, -0.2) is 32.5 Å². The highest BCUT2D eigenvalue weighted by Gasteiger charge is 2.36. The molecule has 3 aromatic rings. The zero-order valence-corrected chi connectivity index (χ0v) is 15.4. The number of ether oxygens (including phenoxy) is 2. The molecule has 1 aliphatic heterocycles. The molecule has 3 aromatic carbocycles. The van der Waals surface area contributed by atoms with Gasteiger partial charge in [-0.25, -0.2) is 9.18 Å². The zero-order valence-electron chi connectivity index (χ0n) is 15.4. The van der Waals surface area contributed by atoms with Gasteiger partial charge >= 0.3 is 5.97 Å². The van der Waals surface area contributed by atoms with E-state index in [-0.39, 0.29) is 40.7 Å². The molecule has 0 saturated carbocycles. The van der Waals surface area contributed by atoms with Crippen molar-refractivity contribution in [1.29, 1.82) is 0 Å². The van der Waals surface area contributed by atoms with E-state index in [1.807, 2.05) is 0 Å². The molecule has 0 saturated heterocycles. The van der Waals surface area contributed by atoms with Gasteiger partial charge in [0.15, 0.2) is 17.6 Å². The number of phenols is 4. The Morgan fingerprint density at radius 3 is 2.37 bits per heavy atom. The SMILES string of the molecule is O=C(O[C@H]1Cc2c(O)cc(O)cc2O[C@@H]1c1ccc(O)c(O)c1)c1ccc(F)cc1. The van der Waals surface area contributed by atoms with E-state index in [2.05, 4.69) is 0 Å². The molecule has 0 aromatic heterocycles. The van der Waals surface area contributed by atoms with Crippen molar-refractivity contribution in [2.24, 2.45) is 0 Å². The minimum absolute atomic E-state index is 0.0562. The topological polar surface area (TPSA) is 116 Å². The smallest absolute Gasteiger partial charge is 0.338 e. The van der Waals surface area contributed by atoms with Crippen LogP contribution in [0.5, 0.6) is 28.7 Å². The van der Waals surface area contributed by atoms with Crippen molar-refractivity contribution < 1.29 is 39.1 Å². The highest BCUT2D eigenvalue weighted by Crippen LogP contribution is 2.43. The van der Waals surface area contributed by atoms with Crippen molar-refractivity contribution in [3.63, 3.8) is 0 Å². The summed E-state index contributed by atoms with van der Waals surface area (Å²) in [5, 5.41) is 39.4. The zero-order chi connectivity index (χ0) is 21.4. The fourth-order valence-electron chi connectivity index (χ4n) is 3.34.